The normalized spacial score (nSPS) is 22.7. The third-order valence-corrected chi connectivity index (χ3v) is 6.12. The molecule has 2 aliphatic heterocycles. The highest BCUT2D eigenvalue weighted by atomic mass is 32.2. The molecule has 2 heterocycles. The summed E-state index contributed by atoms with van der Waals surface area (Å²) in [7, 11) is -2.80. The summed E-state index contributed by atoms with van der Waals surface area (Å²) in [5.41, 5.74) is 0. The molecule has 0 saturated carbocycles. The lowest BCUT2D eigenvalue weighted by molar-refractivity contribution is 0.0377. The van der Waals surface area contributed by atoms with Crippen LogP contribution in [0.4, 0.5) is 0 Å². The van der Waals surface area contributed by atoms with Gasteiger partial charge in [-0.3, -0.25) is 14.8 Å². The SMILES string of the molecule is CCNC(=NCCCN1CCOCC1)NCCN1CCS(=O)(=O)CC1. The minimum atomic E-state index is -2.80. The first-order valence-corrected chi connectivity index (χ1v) is 11.2. The second-order valence-corrected chi connectivity index (χ2v) is 8.79. The van der Waals surface area contributed by atoms with E-state index in [-0.39, 0.29) is 11.5 Å². The Kier molecular flexibility index (Phi) is 8.94. The van der Waals surface area contributed by atoms with Gasteiger partial charge in [0.05, 0.1) is 24.7 Å². The Morgan fingerprint density at radius 2 is 1.72 bits per heavy atom. The van der Waals surface area contributed by atoms with Crippen molar-refractivity contribution in [2.45, 2.75) is 13.3 Å². The van der Waals surface area contributed by atoms with E-state index in [2.05, 4.69) is 32.3 Å². The van der Waals surface area contributed by atoms with Crippen LogP contribution in [0.3, 0.4) is 0 Å². The minimum absolute atomic E-state index is 0.280. The van der Waals surface area contributed by atoms with Crippen molar-refractivity contribution in [3.63, 3.8) is 0 Å². The fourth-order valence-corrected chi connectivity index (χ4v) is 4.23. The molecule has 2 fully saturated rings. The summed E-state index contributed by atoms with van der Waals surface area (Å²) in [4.78, 5) is 9.24. The zero-order valence-electron chi connectivity index (χ0n) is 15.4. The Hall–Kier alpha value is -0.900. The first-order valence-electron chi connectivity index (χ1n) is 9.34. The number of aliphatic imine (C=N–C) groups is 1. The molecule has 8 nitrogen and oxygen atoms in total. The number of nitrogens with one attached hydrogen (secondary N) is 2. The van der Waals surface area contributed by atoms with Gasteiger partial charge in [-0.1, -0.05) is 0 Å². The highest BCUT2D eigenvalue weighted by molar-refractivity contribution is 7.91. The van der Waals surface area contributed by atoms with Crippen molar-refractivity contribution in [3.8, 4) is 0 Å². The van der Waals surface area contributed by atoms with Crippen molar-refractivity contribution < 1.29 is 13.2 Å². The van der Waals surface area contributed by atoms with Crippen molar-refractivity contribution in [3.05, 3.63) is 0 Å². The van der Waals surface area contributed by atoms with Crippen LogP contribution in [0.2, 0.25) is 0 Å². The number of morpholine rings is 1. The molecule has 9 heteroatoms. The molecule has 0 aromatic rings. The van der Waals surface area contributed by atoms with Crippen molar-refractivity contribution >= 4 is 15.8 Å². The highest BCUT2D eigenvalue weighted by Crippen LogP contribution is 2.02. The molecule has 0 aromatic heterocycles. The summed E-state index contributed by atoms with van der Waals surface area (Å²) in [5.74, 6) is 1.40. The number of hydrogen-bond acceptors (Lipinski definition) is 6. The van der Waals surface area contributed by atoms with Gasteiger partial charge in [-0.05, 0) is 13.3 Å². The molecular formula is C16H33N5O3S. The number of nitrogens with zero attached hydrogens (tertiary/aromatic N) is 3. The molecule has 2 rings (SSSR count). The summed E-state index contributed by atoms with van der Waals surface area (Å²) in [5, 5.41) is 6.60. The molecule has 2 saturated heterocycles. The molecule has 2 aliphatic rings. The van der Waals surface area contributed by atoms with Crippen LogP contribution in [0.5, 0.6) is 0 Å². The molecule has 0 atom stereocenters. The van der Waals surface area contributed by atoms with Crippen molar-refractivity contribution in [1.29, 1.82) is 0 Å². The van der Waals surface area contributed by atoms with Gasteiger partial charge < -0.3 is 15.4 Å². The average molecular weight is 376 g/mol. The van der Waals surface area contributed by atoms with Gasteiger partial charge in [0.15, 0.2) is 15.8 Å². The summed E-state index contributed by atoms with van der Waals surface area (Å²) < 4.78 is 28.2. The predicted molar refractivity (Wildman–Crippen MR) is 101 cm³/mol. The lowest BCUT2D eigenvalue weighted by Gasteiger charge is -2.27. The van der Waals surface area contributed by atoms with Gasteiger partial charge in [0.1, 0.15) is 0 Å². The summed E-state index contributed by atoms with van der Waals surface area (Å²) in [6.45, 7) is 11.4. The second-order valence-electron chi connectivity index (χ2n) is 6.49. The number of ether oxygens (including phenoxy) is 1. The Bertz CT molecular complexity index is 492. The van der Waals surface area contributed by atoms with E-state index in [0.717, 1.165) is 71.4 Å². The Morgan fingerprint density at radius 3 is 2.40 bits per heavy atom. The number of sulfone groups is 1. The van der Waals surface area contributed by atoms with Crippen LogP contribution < -0.4 is 10.6 Å². The van der Waals surface area contributed by atoms with Gasteiger partial charge in [0.25, 0.3) is 0 Å². The topological polar surface area (TPSA) is 86.3 Å². The van der Waals surface area contributed by atoms with Gasteiger partial charge in [0.2, 0.25) is 0 Å². The molecule has 146 valence electrons. The summed E-state index contributed by atoms with van der Waals surface area (Å²) >= 11 is 0. The lowest BCUT2D eigenvalue weighted by atomic mass is 10.3. The maximum Gasteiger partial charge on any atom is 0.191 e. The molecule has 25 heavy (non-hydrogen) atoms. The number of rotatable bonds is 8. The third kappa shape index (κ3) is 8.35. The Morgan fingerprint density at radius 1 is 1.04 bits per heavy atom. The van der Waals surface area contributed by atoms with Crippen LogP contribution in [-0.2, 0) is 14.6 Å². The van der Waals surface area contributed by atoms with E-state index >= 15 is 0 Å². The van der Waals surface area contributed by atoms with Crippen LogP contribution in [0.15, 0.2) is 4.99 Å². The maximum atomic E-state index is 11.4. The monoisotopic (exact) mass is 375 g/mol. The van der Waals surface area contributed by atoms with Crippen LogP contribution >= 0.6 is 0 Å². The van der Waals surface area contributed by atoms with Gasteiger partial charge in [-0.2, -0.15) is 0 Å². The fourth-order valence-electron chi connectivity index (χ4n) is 2.96. The molecule has 0 aromatic carbocycles. The summed E-state index contributed by atoms with van der Waals surface area (Å²) in [6, 6.07) is 0. The van der Waals surface area contributed by atoms with E-state index in [1.54, 1.807) is 0 Å². The molecule has 0 aliphatic carbocycles. The van der Waals surface area contributed by atoms with Gasteiger partial charge in [0, 0.05) is 58.9 Å². The van der Waals surface area contributed by atoms with Crippen molar-refractivity contribution in [2.75, 3.05) is 83.6 Å². The fraction of sp³-hybridized carbons (Fsp3) is 0.938. The number of guanidine groups is 1. The first kappa shape index (κ1) is 20.4. The van der Waals surface area contributed by atoms with E-state index in [1.807, 2.05) is 0 Å². The number of hydrogen-bond donors (Lipinski definition) is 2. The van der Waals surface area contributed by atoms with E-state index in [0.29, 0.717) is 13.1 Å². The third-order valence-electron chi connectivity index (χ3n) is 4.51. The largest absolute Gasteiger partial charge is 0.379 e. The molecule has 2 N–H and O–H groups in total. The zero-order chi connectivity index (χ0) is 18.0. The first-order chi connectivity index (χ1) is 12.1. The molecule has 0 bridgehead atoms. The molecule has 0 amide bonds. The average Bonchev–Trinajstić information content (AvgIpc) is 2.61. The zero-order valence-corrected chi connectivity index (χ0v) is 16.2. The lowest BCUT2D eigenvalue weighted by Crippen LogP contribution is -2.46. The van der Waals surface area contributed by atoms with Gasteiger partial charge in [-0.15, -0.1) is 0 Å². The van der Waals surface area contributed by atoms with Crippen LogP contribution in [0.25, 0.3) is 0 Å². The van der Waals surface area contributed by atoms with E-state index in [1.165, 1.54) is 0 Å². The Labute approximate surface area is 151 Å². The van der Waals surface area contributed by atoms with Crippen LogP contribution in [0.1, 0.15) is 13.3 Å². The smallest absolute Gasteiger partial charge is 0.191 e. The van der Waals surface area contributed by atoms with Crippen molar-refractivity contribution in [2.24, 2.45) is 4.99 Å². The standard InChI is InChI=1S/C16H33N5O3S/c1-2-17-16(18-4-3-6-20-8-12-24-13-9-20)19-5-7-21-10-14-25(22,23)15-11-21/h2-15H2,1H3,(H2,17,18,19). The van der Waals surface area contributed by atoms with Gasteiger partial charge >= 0.3 is 0 Å². The summed E-state index contributed by atoms with van der Waals surface area (Å²) in [6.07, 6.45) is 1.04. The molecule has 0 unspecified atom stereocenters. The molecular weight excluding hydrogens is 342 g/mol. The molecule has 0 spiro atoms. The van der Waals surface area contributed by atoms with Crippen LogP contribution in [0, 0.1) is 0 Å². The van der Waals surface area contributed by atoms with E-state index in [4.69, 9.17) is 4.74 Å². The van der Waals surface area contributed by atoms with E-state index in [9.17, 15) is 8.42 Å². The Balaban J connectivity index is 1.61. The predicted octanol–water partition coefficient (Wildman–Crippen LogP) is -1.01. The molecule has 0 radical (unpaired) electrons. The highest BCUT2D eigenvalue weighted by Gasteiger charge is 2.20. The quantitative estimate of drug-likeness (QED) is 0.319. The maximum absolute atomic E-state index is 11.4. The minimum Gasteiger partial charge on any atom is -0.379 e. The van der Waals surface area contributed by atoms with Crippen molar-refractivity contribution in [1.82, 2.24) is 20.4 Å². The second kappa shape index (κ2) is 10.9. The van der Waals surface area contributed by atoms with Crippen LogP contribution in [-0.4, -0.2) is 108 Å². The van der Waals surface area contributed by atoms with Gasteiger partial charge in [-0.25, -0.2) is 8.42 Å². The van der Waals surface area contributed by atoms with E-state index < -0.39 is 9.84 Å².